The Morgan fingerprint density at radius 3 is 2.68 bits per heavy atom. The molecule has 25 heavy (non-hydrogen) atoms. The smallest absolute Gasteiger partial charge is 0.236 e. The van der Waals surface area contributed by atoms with E-state index in [1.165, 1.54) is 0 Å². The maximum absolute atomic E-state index is 5.63. The molecule has 1 aliphatic heterocycles. The summed E-state index contributed by atoms with van der Waals surface area (Å²) < 4.78 is 16.4. The average Bonchev–Trinajstić information content (AvgIpc) is 3.12. The van der Waals surface area contributed by atoms with Crippen LogP contribution in [0.2, 0.25) is 0 Å². The van der Waals surface area contributed by atoms with E-state index in [1.54, 1.807) is 14.2 Å². The highest BCUT2D eigenvalue weighted by Crippen LogP contribution is 2.36. The van der Waals surface area contributed by atoms with Crippen LogP contribution in [0.5, 0.6) is 11.5 Å². The second-order valence-corrected chi connectivity index (χ2v) is 6.85. The fraction of sp³-hybridized carbons (Fsp3) is 0.556. The molecule has 0 aliphatic carbocycles. The Hall–Kier alpha value is -2.12. The van der Waals surface area contributed by atoms with E-state index in [2.05, 4.69) is 36.3 Å². The van der Waals surface area contributed by atoms with Crippen LogP contribution in [-0.2, 0) is 5.41 Å². The molecule has 1 unspecified atom stereocenters. The number of hydrogen-bond acceptors (Lipinski definition) is 7. The van der Waals surface area contributed by atoms with E-state index in [9.17, 15) is 0 Å². The van der Waals surface area contributed by atoms with Gasteiger partial charge >= 0.3 is 0 Å². The van der Waals surface area contributed by atoms with Gasteiger partial charge in [0.1, 0.15) is 0 Å². The number of nitrogens with zero attached hydrogens (tertiary/aromatic N) is 3. The monoisotopic (exact) mass is 346 g/mol. The van der Waals surface area contributed by atoms with E-state index in [0.717, 1.165) is 31.0 Å². The molecule has 3 rings (SSSR count). The number of aromatic nitrogens is 2. The number of likely N-dealkylation sites (N-methyl/N-ethyl adjacent to an activating group) is 1. The molecular formula is C18H26N4O3. The van der Waals surface area contributed by atoms with Crippen LogP contribution in [-0.4, -0.2) is 55.9 Å². The molecule has 1 saturated heterocycles. The van der Waals surface area contributed by atoms with Crippen LogP contribution in [0.3, 0.4) is 0 Å². The Labute approximate surface area is 148 Å². The van der Waals surface area contributed by atoms with Gasteiger partial charge in [0.25, 0.3) is 0 Å². The maximum atomic E-state index is 5.63. The first-order chi connectivity index (χ1) is 12.0. The van der Waals surface area contributed by atoms with Gasteiger partial charge in [0.15, 0.2) is 17.3 Å². The summed E-state index contributed by atoms with van der Waals surface area (Å²) in [6.45, 7) is 6.90. The first-order valence-electron chi connectivity index (χ1n) is 8.45. The number of ether oxygens (including phenoxy) is 2. The SMILES string of the molecule is COc1ccc(C(C)(C)c2nc(C3CNCCN3C)no2)cc1OC. The molecule has 2 heterocycles. The fourth-order valence-corrected chi connectivity index (χ4v) is 3.07. The molecule has 2 aromatic rings. The first kappa shape index (κ1) is 17.7. The van der Waals surface area contributed by atoms with Gasteiger partial charge in [0.2, 0.25) is 5.89 Å². The normalized spacial score (nSPS) is 19.0. The topological polar surface area (TPSA) is 72.7 Å². The van der Waals surface area contributed by atoms with Crippen molar-refractivity contribution in [3.05, 3.63) is 35.5 Å². The number of hydrogen-bond donors (Lipinski definition) is 1. The van der Waals surface area contributed by atoms with Crippen LogP contribution in [0.4, 0.5) is 0 Å². The van der Waals surface area contributed by atoms with Crippen molar-refractivity contribution in [2.24, 2.45) is 0 Å². The molecule has 7 heteroatoms. The zero-order valence-electron chi connectivity index (χ0n) is 15.5. The molecule has 1 atom stereocenters. The van der Waals surface area contributed by atoms with E-state index < -0.39 is 5.41 Å². The molecule has 1 N–H and O–H groups in total. The molecular weight excluding hydrogens is 320 g/mol. The van der Waals surface area contributed by atoms with Gasteiger partial charge in [-0.05, 0) is 38.6 Å². The zero-order valence-corrected chi connectivity index (χ0v) is 15.5. The number of benzene rings is 1. The van der Waals surface area contributed by atoms with E-state index in [0.29, 0.717) is 17.4 Å². The van der Waals surface area contributed by atoms with Gasteiger partial charge in [0.05, 0.1) is 25.7 Å². The zero-order chi connectivity index (χ0) is 18.0. The van der Waals surface area contributed by atoms with Crippen molar-refractivity contribution in [3.63, 3.8) is 0 Å². The van der Waals surface area contributed by atoms with Crippen molar-refractivity contribution in [1.82, 2.24) is 20.4 Å². The van der Waals surface area contributed by atoms with Crippen LogP contribution >= 0.6 is 0 Å². The lowest BCUT2D eigenvalue weighted by Crippen LogP contribution is -2.44. The van der Waals surface area contributed by atoms with Crippen molar-refractivity contribution in [2.75, 3.05) is 40.9 Å². The second kappa shape index (κ2) is 7.01. The Bertz CT molecular complexity index is 729. The Morgan fingerprint density at radius 1 is 1.24 bits per heavy atom. The highest BCUT2D eigenvalue weighted by molar-refractivity contribution is 5.46. The summed E-state index contributed by atoms with van der Waals surface area (Å²) in [6.07, 6.45) is 0. The van der Waals surface area contributed by atoms with Crippen molar-refractivity contribution < 1.29 is 14.0 Å². The molecule has 136 valence electrons. The Balaban J connectivity index is 1.90. The minimum absolute atomic E-state index is 0.132. The van der Waals surface area contributed by atoms with Crippen molar-refractivity contribution >= 4 is 0 Å². The quantitative estimate of drug-likeness (QED) is 0.887. The third kappa shape index (κ3) is 3.34. The molecule has 1 aliphatic rings. The lowest BCUT2D eigenvalue weighted by molar-refractivity contribution is 0.190. The molecule has 0 spiro atoms. The van der Waals surface area contributed by atoms with Crippen LogP contribution in [0.25, 0.3) is 0 Å². The molecule has 1 aromatic carbocycles. The van der Waals surface area contributed by atoms with Gasteiger partial charge in [-0.25, -0.2) is 0 Å². The van der Waals surface area contributed by atoms with Crippen LogP contribution in [0, 0.1) is 0 Å². The highest BCUT2D eigenvalue weighted by Gasteiger charge is 2.33. The average molecular weight is 346 g/mol. The van der Waals surface area contributed by atoms with Crippen molar-refractivity contribution in [2.45, 2.75) is 25.3 Å². The summed E-state index contributed by atoms with van der Waals surface area (Å²) >= 11 is 0. The first-order valence-corrected chi connectivity index (χ1v) is 8.45. The van der Waals surface area contributed by atoms with Crippen LogP contribution in [0.15, 0.2) is 22.7 Å². The number of methoxy groups -OCH3 is 2. The molecule has 0 bridgehead atoms. The number of nitrogens with one attached hydrogen (secondary N) is 1. The number of piperazine rings is 1. The summed E-state index contributed by atoms with van der Waals surface area (Å²) in [7, 11) is 5.34. The van der Waals surface area contributed by atoms with Crippen molar-refractivity contribution in [1.29, 1.82) is 0 Å². The summed E-state index contributed by atoms with van der Waals surface area (Å²) in [4.78, 5) is 6.94. The molecule has 0 radical (unpaired) electrons. The third-order valence-corrected chi connectivity index (χ3v) is 4.89. The van der Waals surface area contributed by atoms with Crippen LogP contribution < -0.4 is 14.8 Å². The Morgan fingerprint density at radius 2 is 2.00 bits per heavy atom. The predicted molar refractivity (Wildman–Crippen MR) is 94.2 cm³/mol. The highest BCUT2D eigenvalue weighted by atomic mass is 16.5. The van der Waals surface area contributed by atoms with Gasteiger partial charge in [-0.3, -0.25) is 4.90 Å². The molecule has 0 amide bonds. The van der Waals surface area contributed by atoms with Gasteiger partial charge in [0, 0.05) is 19.6 Å². The van der Waals surface area contributed by atoms with E-state index >= 15 is 0 Å². The minimum atomic E-state index is -0.439. The lowest BCUT2D eigenvalue weighted by atomic mass is 9.84. The van der Waals surface area contributed by atoms with E-state index in [-0.39, 0.29) is 6.04 Å². The summed E-state index contributed by atoms with van der Waals surface area (Å²) in [6, 6.07) is 5.98. The molecule has 1 aromatic heterocycles. The third-order valence-electron chi connectivity index (χ3n) is 4.89. The summed E-state index contributed by atoms with van der Waals surface area (Å²) in [5.41, 5.74) is 0.585. The summed E-state index contributed by atoms with van der Waals surface area (Å²) in [5, 5.41) is 7.61. The van der Waals surface area contributed by atoms with E-state index in [1.807, 2.05) is 18.2 Å². The van der Waals surface area contributed by atoms with Crippen molar-refractivity contribution in [3.8, 4) is 11.5 Å². The largest absolute Gasteiger partial charge is 0.493 e. The standard InChI is InChI=1S/C18H26N4O3/c1-18(2,12-6-7-14(23-4)15(10-12)24-5)17-20-16(21-25-17)13-11-19-8-9-22(13)3/h6-7,10,13,19H,8-9,11H2,1-5H3. The number of rotatable bonds is 5. The van der Waals surface area contributed by atoms with Gasteiger partial charge in [-0.2, -0.15) is 4.98 Å². The maximum Gasteiger partial charge on any atom is 0.236 e. The fourth-order valence-electron chi connectivity index (χ4n) is 3.07. The van der Waals surface area contributed by atoms with E-state index in [4.69, 9.17) is 19.0 Å². The van der Waals surface area contributed by atoms with Crippen LogP contribution in [0.1, 0.15) is 37.2 Å². The van der Waals surface area contributed by atoms with Gasteiger partial charge in [-0.1, -0.05) is 11.2 Å². The van der Waals surface area contributed by atoms with Gasteiger partial charge in [-0.15, -0.1) is 0 Å². The molecule has 0 saturated carbocycles. The lowest BCUT2D eigenvalue weighted by Gasteiger charge is -2.30. The molecule has 1 fully saturated rings. The van der Waals surface area contributed by atoms with Gasteiger partial charge < -0.3 is 19.3 Å². The Kier molecular flexibility index (Phi) is 4.96. The molecule has 7 nitrogen and oxygen atoms in total. The predicted octanol–water partition coefficient (Wildman–Crippen LogP) is 1.99. The second-order valence-electron chi connectivity index (χ2n) is 6.85. The summed E-state index contributed by atoms with van der Waals surface area (Å²) in [5.74, 6) is 2.69. The minimum Gasteiger partial charge on any atom is -0.493 e.